The fourth-order valence-electron chi connectivity index (χ4n) is 1.37. The van der Waals surface area contributed by atoms with Crippen LogP contribution >= 0.6 is 0 Å². The number of anilines is 2. The van der Waals surface area contributed by atoms with E-state index in [1.54, 1.807) is 0 Å². The lowest BCUT2D eigenvalue weighted by molar-refractivity contribution is -0.120. The topological polar surface area (TPSA) is 75.3 Å². The van der Waals surface area contributed by atoms with Gasteiger partial charge in [0.1, 0.15) is 24.5 Å². The van der Waals surface area contributed by atoms with Gasteiger partial charge in [0.25, 0.3) is 0 Å². The number of nitrogens with zero attached hydrogens (tertiary/aromatic N) is 3. The van der Waals surface area contributed by atoms with Gasteiger partial charge in [-0.25, -0.2) is 9.97 Å². The summed E-state index contributed by atoms with van der Waals surface area (Å²) in [5.74, 6) is 0.212. The number of hydrogen-bond acceptors (Lipinski definition) is 5. The van der Waals surface area contributed by atoms with Gasteiger partial charge in [0.05, 0.1) is 6.61 Å². The molecule has 8 heteroatoms. The lowest BCUT2D eigenvalue weighted by atomic mass is 10.3. The lowest BCUT2D eigenvalue weighted by Crippen LogP contribution is -2.37. The molecule has 1 heterocycles. The van der Waals surface area contributed by atoms with Crippen LogP contribution in [0.3, 0.4) is 0 Å². The van der Waals surface area contributed by atoms with Crippen LogP contribution in [0.5, 0.6) is 0 Å². The number of halogens is 3. The van der Waals surface area contributed by atoms with E-state index in [0.717, 1.165) is 11.2 Å². The van der Waals surface area contributed by atoms with E-state index in [1.165, 1.54) is 6.92 Å². The highest BCUT2D eigenvalue weighted by Gasteiger charge is 2.31. The molecule has 17 heavy (non-hydrogen) atoms. The van der Waals surface area contributed by atoms with Gasteiger partial charge in [-0.1, -0.05) is 0 Å². The Bertz CT molecular complexity index is 383. The summed E-state index contributed by atoms with van der Waals surface area (Å²) in [7, 11) is 0. The molecule has 1 aromatic heterocycles. The average molecular weight is 250 g/mol. The predicted octanol–water partition coefficient (Wildman–Crippen LogP) is 0.728. The number of aromatic nitrogens is 2. The summed E-state index contributed by atoms with van der Waals surface area (Å²) in [5, 5.41) is 8.77. The van der Waals surface area contributed by atoms with E-state index >= 15 is 0 Å². The standard InChI is InChI=1S/C9H13F3N4O/c1-6-7(13)14-5-15-8(6)16(2-3-17)4-9(10,11)12/h5,17H,2-4H2,1H3,(H2,13,14,15). The second-order valence-electron chi connectivity index (χ2n) is 3.47. The molecule has 0 aliphatic heterocycles. The largest absolute Gasteiger partial charge is 0.405 e. The summed E-state index contributed by atoms with van der Waals surface area (Å²) in [6, 6.07) is 0. The minimum Gasteiger partial charge on any atom is -0.395 e. The minimum absolute atomic E-state index is 0.0869. The van der Waals surface area contributed by atoms with E-state index < -0.39 is 19.3 Å². The molecule has 5 nitrogen and oxygen atoms in total. The fourth-order valence-corrected chi connectivity index (χ4v) is 1.37. The number of hydrogen-bond donors (Lipinski definition) is 2. The molecule has 0 radical (unpaired) electrons. The zero-order valence-corrected chi connectivity index (χ0v) is 9.20. The third-order valence-electron chi connectivity index (χ3n) is 2.14. The summed E-state index contributed by atoms with van der Waals surface area (Å²) in [5.41, 5.74) is 5.86. The van der Waals surface area contributed by atoms with E-state index in [-0.39, 0.29) is 18.2 Å². The highest BCUT2D eigenvalue weighted by molar-refractivity contribution is 5.55. The van der Waals surface area contributed by atoms with Gasteiger partial charge in [-0.2, -0.15) is 13.2 Å². The maximum absolute atomic E-state index is 12.3. The molecule has 0 fully saturated rings. The van der Waals surface area contributed by atoms with E-state index in [0.29, 0.717) is 5.56 Å². The van der Waals surface area contributed by atoms with Crippen molar-refractivity contribution in [2.45, 2.75) is 13.1 Å². The van der Waals surface area contributed by atoms with Crippen LogP contribution in [-0.2, 0) is 0 Å². The van der Waals surface area contributed by atoms with Gasteiger partial charge < -0.3 is 15.7 Å². The molecule has 1 rings (SSSR count). The molecule has 0 saturated heterocycles. The SMILES string of the molecule is Cc1c(N)ncnc1N(CCO)CC(F)(F)F. The molecule has 0 atom stereocenters. The second-order valence-corrected chi connectivity index (χ2v) is 3.47. The smallest absolute Gasteiger partial charge is 0.395 e. The molecule has 0 unspecified atom stereocenters. The maximum Gasteiger partial charge on any atom is 0.405 e. The molecular weight excluding hydrogens is 237 g/mol. The number of aliphatic hydroxyl groups excluding tert-OH is 1. The van der Waals surface area contributed by atoms with Crippen LogP contribution in [-0.4, -0.2) is 40.9 Å². The molecule has 0 aromatic carbocycles. The van der Waals surface area contributed by atoms with Crippen LogP contribution in [0.25, 0.3) is 0 Å². The number of nitrogens with two attached hydrogens (primary N) is 1. The van der Waals surface area contributed by atoms with Crippen molar-refractivity contribution in [3.8, 4) is 0 Å². The Morgan fingerprint density at radius 2 is 2.06 bits per heavy atom. The summed E-state index contributed by atoms with van der Waals surface area (Å²) in [6.07, 6.45) is -3.28. The Labute approximate surface area is 96.1 Å². The van der Waals surface area contributed by atoms with Crippen molar-refractivity contribution in [1.82, 2.24) is 9.97 Å². The third-order valence-corrected chi connectivity index (χ3v) is 2.14. The van der Waals surface area contributed by atoms with Crippen molar-refractivity contribution in [2.75, 3.05) is 30.3 Å². The molecule has 0 amide bonds. The zero-order valence-electron chi connectivity index (χ0n) is 9.20. The van der Waals surface area contributed by atoms with Crippen molar-refractivity contribution in [2.24, 2.45) is 0 Å². The number of aliphatic hydroxyl groups is 1. The summed E-state index contributed by atoms with van der Waals surface area (Å²) in [6.45, 7) is -0.230. The first-order valence-corrected chi connectivity index (χ1v) is 4.85. The lowest BCUT2D eigenvalue weighted by Gasteiger charge is -2.25. The van der Waals surface area contributed by atoms with Crippen molar-refractivity contribution in [1.29, 1.82) is 0 Å². The molecule has 1 aromatic rings. The zero-order chi connectivity index (χ0) is 13.1. The van der Waals surface area contributed by atoms with Gasteiger partial charge >= 0.3 is 6.18 Å². The summed E-state index contributed by atoms with van der Waals surface area (Å²) < 4.78 is 37.0. The molecule has 96 valence electrons. The van der Waals surface area contributed by atoms with Crippen LogP contribution in [0, 0.1) is 6.92 Å². The summed E-state index contributed by atoms with van der Waals surface area (Å²) >= 11 is 0. The van der Waals surface area contributed by atoms with Crippen LogP contribution in [0.15, 0.2) is 6.33 Å². The van der Waals surface area contributed by atoms with Crippen molar-refractivity contribution >= 4 is 11.6 Å². The monoisotopic (exact) mass is 250 g/mol. The van der Waals surface area contributed by atoms with E-state index in [4.69, 9.17) is 10.8 Å². The van der Waals surface area contributed by atoms with Crippen LogP contribution < -0.4 is 10.6 Å². The van der Waals surface area contributed by atoms with Gasteiger partial charge in [-0.3, -0.25) is 0 Å². The molecule has 0 saturated carbocycles. The Balaban J connectivity index is 3.01. The van der Waals surface area contributed by atoms with Crippen LogP contribution in [0.2, 0.25) is 0 Å². The van der Waals surface area contributed by atoms with Crippen molar-refractivity contribution in [3.05, 3.63) is 11.9 Å². The number of rotatable bonds is 4. The highest BCUT2D eigenvalue weighted by atomic mass is 19.4. The maximum atomic E-state index is 12.3. The Kier molecular flexibility index (Phi) is 4.11. The first-order valence-electron chi connectivity index (χ1n) is 4.85. The van der Waals surface area contributed by atoms with Crippen LogP contribution in [0.4, 0.5) is 24.8 Å². The number of alkyl halides is 3. The van der Waals surface area contributed by atoms with Crippen molar-refractivity contribution < 1.29 is 18.3 Å². The first-order chi connectivity index (χ1) is 7.85. The van der Waals surface area contributed by atoms with E-state index in [1.807, 2.05) is 0 Å². The predicted molar refractivity (Wildman–Crippen MR) is 56.5 cm³/mol. The Morgan fingerprint density at radius 1 is 1.41 bits per heavy atom. The molecule has 0 bridgehead atoms. The Morgan fingerprint density at radius 3 is 2.59 bits per heavy atom. The fraction of sp³-hybridized carbons (Fsp3) is 0.556. The normalized spacial score (nSPS) is 11.6. The Hall–Kier alpha value is -1.57. The quantitative estimate of drug-likeness (QED) is 0.823. The third kappa shape index (κ3) is 3.74. The molecule has 0 aliphatic carbocycles. The average Bonchev–Trinajstić information content (AvgIpc) is 2.19. The number of nitrogen functional groups attached to an aromatic ring is 1. The van der Waals surface area contributed by atoms with E-state index in [2.05, 4.69) is 9.97 Å². The van der Waals surface area contributed by atoms with Gasteiger partial charge in [0.15, 0.2) is 0 Å². The second kappa shape index (κ2) is 5.17. The molecule has 0 spiro atoms. The highest BCUT2D eigenvalue weighted by Crippen LogP contribution is 2.24. The van der Waals surface area contributed by atoms with Gasteiger partial charge in [0.2, 0.25) is 0 Å². The molecule has 3 N–H and O–H groups in total. The van der Waals surface area contributed by atoms with Gasteiger partial charge in [-0.15, -0.1) is 0 Å². The summed E-state index contributed by atoms with van der Waals surface area (Å²) in [4.78, 5) is 8.36. The van der Waals surface area contributed by atoms with Gasteiger partial charge in [0, 0.05) is 12.1 Å². The molecule has 0 aliphatic rings. The minimum atomic E-state index is -4.37. The molecular formula is C9H13F3N4O. The van der Waals surface area contributed by atoms with E-state index in [9.17, 15) is 13.2 Å². The van der Waals surface area contributed by atoms with Crippen molar-refractivity contribution in [3.63, 3.8) is 0 Å². The first kappa shape index (κ1) is 13.5. The van der Waals surface area contributed by atoms with Gasteiger partial charge in [-0.05, 0) is 6.92 Å². The van der Waals surface area contributed by atoms with Crippen LogP contribution in [0.1, 0.15) is 5.56 Å².